The van der Waals surface area contributed by atoms with Crippen LogP contribution >= 0.6 is 24.0 Å². The molecule has 1 fully saturated rings. The lowest BCUT2D eigenvalue weighted by atomic mass is 10.1. The lowest BCUT2D eigenvalue weighted by molar-refractivity contribution is -0.126. The molecule has 4 rings (SSSR count). The molecule has 7 nitrogen and oxygen atoms in total. The van der Waals surface area contributed by atoms with Gasteiger partial charge in [-0.05, 0) is 42.7 Å². The molecule has 3 aromatic rings. The van der Waals surface area contributed by atoms with Gasteiger partial charge in [0.2, 0.25) is 5.91 Å². The van der Waals surface area contributed by atoms with Gasteiger partial charge < -0.3 is 5.32 Å². The van der Waals surface area contributed by atoms with Crippen LogP contribution in [-0.2, 0) is 23.1 Å². The highest BCUT2D eigenvalue weighted by Crippen LogP contribution is 2.32. The normalized spacial score (nSPS) is 14.8. The van der Waals surface area contributed by atoms with E-state index in [9.17, 15) is 14.4 Å². The molecule has 0 unspecified atom stereocenters. The monoisotopic (exact) mass is 492 g/mol. The minimum Gasteiger partial charge on any atom is -0.318 e. The number of aromatic nitrogens is 2. The number of para-hydroxylation sites is 1. The minimum atomic E-state index is -0.490. The van der Waals surface area contributed by atoms with E-state index in [0.29, 0.717) is 20.6 Å². The maximum atomic E-state index is 13.0. The lowest BCUT2D eigenvalue weighted by Gasteiger charge is -2.13. The van der Waals surface area contributed by atoms with E-state index in [1.54, 1.807) is 24.7 Å². The topological polar surface area (TPSA) is 76.3 Å². The predicted octanol–water partition coefficient (Wildman–Crippen LogP) is 3.89. The summed E-state index contributed by atoms with van der Waals surface area (Å²) in [4.78, 5) is 40.5. The molecule has 174 valence electrons. The molecule has 9 heteroatoms. The molecule has 0 bridgehead atoms. The number of carbonyl (C=O) groups excluding carboxylic acids is 2. The van der Waals surface area contributed by atoms with Gasteiger partial charge in [0.15, 0.2) is 0 Å². The van der Waals surface area contributed by atoms with E-state index in [1.165, 1.54) is 15.1 Å². The van der Waals surface area contributed by atoms with Crippen LogP contribution < -0.4 is 10.9 Å². The smallest absolute Gasteiger partial charge is 0.295 e. The van der Waals surface area contributed by atoms with Crippen LogP contribution in [-0.4, -0.2) is 36.9 Å². The molecule has 0 radical (unpaired) electrons. The average Bonchev–Trinajstić information content (AvgIpc) is 3.21. The fraction of sp³-hybridized carbons (Fsp3) is 0.200. The van der Waals surface area contributed by atoms with Crippen molar-refractivity contribution in [3.63, 3.8) is 0 Å². The largest absolute Gasteiger partial charge is 0.318 e. The maximum absolute atomic E-state index is 13.0. The van der Waals surface area contributed by atoms with Crippen molar-refractivity contribution in [3.05, 3.63) is 86.7 Å². The number of nitrogens with zero attached hydrogens (tertiary/aromatic N) is 3. The van der Waals surface area contributed by atoms with E-state index in [1.807, 2.05) is 54.6 Å². The summed E-state index contributed by atoms with van der Waals surface area (Å²) in [5.74, 6) is -0.813. The van der Waals surface area contributed by atoms with Crippen LogP contribution in [0.2, 0.25) is 0 Å². The molecule has 1 N–H and O–H groups in total. The number of thioether (sulfide) groups is 1. The number of carbonyl (C=O) groups is 2. The van der Waals surface area contributed by atoms with Gasteiger partial charge in [0.25, 0.3) is 11.5 Å². The predicted molar refractivity (Wildman–Crippen MR) is 140 cm³/mol. The first-order valence-corrected chi connectivity index (χ1v) is 12.0. The molecule has 1 aliphatic heterocycles. The zero-order chi connectivity index (χ0) is 24.4. The zero-order valence-electron chi connectivity index (χ0n) is 19.1. The molecule has 2 heterocycles. The molecule has 2 amide bonds. The Balaban J connectivity index is 1.50. The molecule has 1 aliphatic rings. The SMILES string of the molecule is CCc1ccc(C=C2SC(=S)N(CC(=O)Nc3c(C)n(C)n(-c4ccccc4)c3=O)C2=O)cc1. The molecule has 0 spiro atoms. The Bertz CT molecular complexity index is 1360. The van der Waals surface area contributed by atoms with Gasteiger partial charge in [0, 0.05) is 7.05 Å². The van der Waals surface area contributed by atoms with Crippen molar-refractivity contribution in [3.8, 4) is 5.69 Å². The highest BCUT2D eigenvalue weighted by molar-refractivity contribution is 8.26. The van der Waals surface area contributed by atoms with Gasteiger partial charge in [-0.1, -0.05) is 73.4 Å². The van der Waals surface area contributed by atoms with E-state index in [-0.39, 0.29) is 23.7 Å². The Hall–Kier alpha value is -3.43. The summed E-state index contributed by atoms with van der Waals surface area (Å²) >= 11 is 6.51. The molecule has 34 heavy (non-hydrogen) atoms. The molecule has 1 saturated heterocycles. The van der Waals surface area contributed by atoms with Crippen LogP contribution in [0, 0.1) is 6.92 Å². The minimum absolute atomic E-state index is 0.174. The third-order valence-corrected chi connectivity index (χ3v) is 7.06. The summed E-state index contributed by atoms with van der Waals surface area (Å²) in [6.07, 6.45) is 2.71. The number of hydrogen-bond acceptors (Lipinski definition) is 5. The third kappa shape index (κ3) is 4.62. The molecular weight excluding hydrogens is 468 g/mol. The Morgan fingerprint density at radius 1 is 1.09 bits per heavy atom. The maximum Gasteiger partial charge on any atom is 0.295 e. The first kappa shape index (κ1) is 23.7. The van der Waals surface area contributed by atoms with Gasteiger partial charge in [-0.15, -0.1) is 0 Å². The molecule has 0 aliphatic carbocycles. The van der Waals surface area contributed by atoms with Gasteiger partial charge >= 0.3 is 0 Å². The number of aryl methyl sites for hydroxylation is 1. The average molecular weight is 493 g/mol. The van der Waals surface area contributed by atoms with E-state index < -0.39 is 5.91 Å². The number of benzene rings is 2. The number of nitrogens with one attached hydrogen (secondary N) is 1. The lowest BCUT2D eigenvalue weighted by Crippen LogP contribution is -2.37. The van der Waals surface area contributed by atoms with Crippen LogP contribution in [0.3, 0.4) is 0 Å². The number of hydrogen-bond donors (Lipinski definition) is 1. The second-order valence-corrected chi connectivity index (χ2v) is 9.52. The second-order valence-electron chi connectivity index (χ2n) is 7.85. The Labute approximate surface area is 207 Å². The standard InChI is InChI=1S/C25H24N4O3S2/c1-4-17-10-12-18(13-11-17)14-20-23(31)28(25(33)34-20)15-21(30)26-22-16(2)27(3)29(24(22)32)19-8-6-5-7-9-19/h5-14H,4,15H2,1-3H3,(H,26,30). The van der Waals surface area contributed by atoms with Gasteiger partial charge in [-0.25, -0.2) is 4.68 Å². The van der Waals surface area contributed by atoms with Crippen molar-refractivity contribution in [1.29, 1.82) is 0 Å². The number of rotatable bonds is 6. The Kier molecular flexibility index (Phi) is 6.85. The van der Waals surface area contributed by atoms with E-state index >= 15 is 0 Å². The highest BCUT2D eigenvalue weighted by atomic mass is 32.2. The van der Waals surface area contributed by atoms with Crippen molar-refractivity contribution in [1.82, 2.24) is 14.3 Å². The highest BCUT2D eigenvalue weighted by Gasteiger charge is 2.33. The summed E-state index contributed by atoms with van der Waals surface area (Å²) in [5.41, 5.74) is 3.22. The van der Waals surface area contributed by atoms with Gasteiger partial charge in [-0.3, -0.25) is 24.0 Å². The van der Waals surface area contributed by atoms with Gasteiger partial charge in [0.05, 0.1) is 16.3 Å². The summed E-state index contributed by atoms with van der Waals surface area (Å²) in [6.45, 7) is 3.57. The van der Waals surface area contributed by atoms with Crippen molar-refractivity contribution in [2.75, 3.05) is 11.9 Å². The quantitative estimate of drug-likeness (QED) is 0.417. The number of amides is 2. The molecule has 0 atom stereocenters. The van der Waals surface area contributed by atoms with Crippen LogP contribution in [0.15, 0.2) is 64.3 Å². The molecule has 0 saturated carbocycles. The van der Waals surface area contributed by atoms with E-state index in [2.05, 4.69) is 12.2 Å². The third-order valence-electron chi connectivity index (χ3n) is 5.68. The molecule has 2 aromatic carbocycles. The van der Waals surface area contributed by atoms with Gasteiger partial charge in [0.1, 0.15) is 16.6 Å². The van der Waals surface area contributed by atoms with Crippen molar-refractivity contribution in [2.24, 2.45) is 7.05 Å². The fourth-order valence-corrected chi connectivity index (χ4v) is 4.93. The number of thiocarbonyl (C=S) groups is 1. The molecular formula is C25H24N4O3S2. The van der Waals surface area contributed by atoms with Crippen molar-refractivity contribution < 1.29 is 9.59 Å². The van der Waals surface area contributed by atoms with Crippen molar-refractivity contribution >= 4 is 51.9 Å². The summed E-state index contributed by atoms with van der Waals surface area (Å²) in [5, 5.41) is 2.68. The summed E-state index contributed by atoms with van der Waals surface area (Å²) in [7, 11) is 1.75. The Morgan fingerprint density at radius 2 is 1.76 bits per heavy atom. The molecule has 1 aromatic heterocycles. The van der Waals surface area contributed by atoms with Crippen LogP contribution in [0.5, 0.6) is 0 Å². The fourth-order valence-electron chi connectivity index (χ4n) is 3.67. The first-order valence-electron chi connectivity index (χ1n) is 10.8. The Morgan fingerprint density at radius 3 is 2.41 bits per heavy atom. The van der Waals surface area contributed by atoms with Crippen molar-refractivity contribution in [2.45, 2.75) is 20.3 Å². The van der Waals surface area contributed by atoms with E-state index in [4.69, 9.17) is 12.2 Å². The first-order chi connectivity index (χ1) is 16.3. The van der Waals surface area contributed by atoms with E-state index in [0.717, 1.165) is 23.7 Å². The summed E-state index contributed by atoms with van der Waals surface area (Å²) < 4.78 is 3.47. The second kappa shape index (κ2) is 9.82. The van der Waals surface area contributed by atoms with Gasteiger partial charge in [-0.2, -0.15) is 0 Å². The number of anilines is 1. The zero-order valence-corrected chi connectivity index (χ0v) is 20.7. The van der Waals surface area contributed by atoms with Crippen LogP contribution in [0.25, 0.3) is 11.8 Å². The summed E-state index contributed by atoms with van der Waals surface area (Å²) in [6, 6.07) is 17.1. The van der Waals surface area contributed by atoms with Crippen LogP contribution in [0.4, 0.5) is 5.69 Å². The van der Waals surface area contributed by atoms with Crippen LogP contribution in [0.1, 0.15) is 23.7 Å².